The highest BCUT2D eigenvalue weighted by Gasteiger charge is 2.30. The molecule has 130 valence electrons. The lowest BCUT2D eigenvalue weighted by Gasteiger charge is -2.12. The van der Waals surface area contributed by atoms with E-state index in [4.69, 9.17) is 4.42 Å². The molecule has 1 N–H and O–H groups in total. The average molecular weight is 355 g/mol. The van der Waals surface area contributed by atoms with Gasteiger partial charge in [0.2, 0.25) is 0 Å². The van der Waals surface area contributed by atoms with Crippen LogP contribution in [0.25, 0.3) is 22.5 Å². The van der Waals surface area contributed by atoms with Gasteiger partial charge in [0.05, 0.1) is 17.3 Å². The fraction of sp³-hybridized carbons (Fsp3) is 0.0526. The molecule has 4 rings (SSSR count). The van der Waals surface area contributed by atoms with Crippen molar-refractivity contribution in [1.82, 2.24) is 9.97 Å². The van der Waals surface area contributed by atoms with Gasteiger partial charge in [-0.05, 0) is 42.5 Å². The summed E-state index contributed by atoms with van der Waals surface area (Å²) in [5.41, 5.74) is 0.213. The number of alkyl halides is 3. The molecule has 4 aromatic rings. The van der Waals surface area contributed by atoms with Crippen LogP contribution in [0.2, 0.25) is 0 Å². The summed E-state index contributed by atoms with van der Waals surface area (Å²) in [5, 5.41) is 3.66. The van der Waals surface area contributed by atoms with Crippen molar-refractivity contribution in [2.45, 2.75) is 6.18 Å². The van der Waals surface area contributed by atoms with Gasteiger partial charge in [-0.2, -0.15) is 13.2 Å². The zero-order valence-corrected chi connectivity index (χ0v) is 13.3. The van der Waals surface area contributed by atoms with E-state index < -0.39 is 11.7 Å². The second-order valence-corrected chi connectivity index (χ2v) is 5.59. The molecule has 0 aliphatic heterocycles. The Kier molecular flexibility index (Phi) is 3.84. The summed E-state index contributed by atoms with van der Waals surface area (Å²) in [5.74, 6) is 1.23. The molecule has 0 saturated heterocycles. The molecule has 2 heterocycles. The van der Waals surface area contributed by atoms with E-state index in [0.29, 0.717) is 28.3 Å². The van der Waals surface area contributed by atoms with Gasteiger partial charge in [0.15, 0.2) is 11.6 Å². The van der Waals surface area contributed by atoms with Crippen molar-refractivity contribution in [3.8, 4) is 11.6 Å². The number of fused-ring (bicyclic) bond motifs is 1. The minimum absolute atomic E-state index is 0.286. The van der Waals surface area contributed by atoms with Crippen LogP contribution < -0.4 is 5.32 Å². The summed E-state index contributed by atoms with van der Waals surface area (Å²) in [6.07, 6.45) is -2.90. The topological polar surface area (TPSA) is 51.0 Å². The van der Waals surface area contributed by atoms with Gasteiger partial charge < -0.3 is 9.73 Å². The first-order valence-electron chi connectivity index (χ1n) is 7.76. The summed E-state index contributed by atoms with van der Waals surface area (Å²) < 4.78 is 44.2. The Morgan fingerprint density at radius 2 is 1.73 bits per heavy atom. The third-order valence-corrected chi connectivity index (χ3v) is 3.80. The number of para-hydroxylation sites is 1. The smallest absolute Gasteiger partial charge is 0.416 e. The SMILES string of the molecule is FC(F)(F)c1cccc(Nc2nc(-c3ccco3)nc3ccccc23)c1. The van der Waals surface area contributed by atoms with E-state index in [2.05, 4.69) is 15.3 Å². The number of aromatic nitrogens is 2. The molecule has 0 saturated carbocycles. The molecule has 0 aliphatic rings. The van der Waals surface area contributed by atoms with Crippen molar-refractivity contribution in [1.29, 1.82) is 0 Å². The van der Waals surface area contributed by atoms with E-state index in [1.54, 1.807) is 30.3 Å². The van der Waals surface area contributed by atoms with E-state index in [9.17, 15) is 13.2 Å². The summed E-state index contributed by atoms with van der Waals surface area (Å²) in [6, 6.07) is 15.7. The number of hydrogen-bond acceptors (Lipinski definition) is 4. The molecule has 0 radical (unpaired) electrons. The number of furan rings is 1. The molecule has 0 unspecified atom stereocenters. The van der Waals surface area contributed by atoms with Crippen molar-refractivity contribution in [3.05, 3.63) is 72.5 Å². The van der Waals surface area contributed by atoms with Gasteiger partial charge in [-0.15, -0.1) is 0 Å². The van der Waals surface area contributed by atoms with Crippen molar-refractivity contribution in [3.63, 3.8) is 0 Å². The number of anilines is 2. The van der Waals surface area contributed by atoms with Crippen molar-refractivity contribution in [2.24, 2.45) is 0 Å². The Morgan fingerprint density at radius 1 is 0.885 bits per heavy atom. The van der Waals surface area contributed by atoms with Crippen molar-refractivity contribution in [2.75, 3.05) is 5.32 Å². The van der Waals surface area contributed by atoms with E-state index >= 15 is 0 Å². The zero-order valence-electron chi connectivity index (χ0n) is 13.3. The molecule has 26 heavy (non-hydrogen) atoms. The number of hydrogen-bond donors (Lipinski definition) is 1. The first-order valence-corrected chi connectivity index (χ1v) is 7.76. The Bertz CT molecular complexity index is 1060. The van der Waals surface area contributed by atoms with E-state index in [1.807, 2.05) is 12.1 Å². The Hall–Kier alpha value is -3.35. The minimum atomic E-state index is -4.41. The molecule has 0 spiro atoms. The highest BCUT2D eigenvalue weighted by atomic mass is 19.4. The van der Waals surface area contributed by atoms with Crippen LogP contribution in [0.5, 0.6) is 0 Å². The average Bonchev–Trinajstić information content (AvgIpc) is 3.16. The van der Waals surface area contributed by atoms with Gasteiger partial charge in [0.1, 0.15) is 5.82 Å². The molecule has 0 amide bonds. The second kappa shape index (κ2) is 6.18. The first-order chi connectivity index (χ1) is 12.5. The highest BCUT2D eigenvalue weighted by Crippen LogP contribution is 2.32. The summed E-state index contributed by atoms with van der Waals surface area (Å²) in [6.45, 7) is 0. The third-order valence-electron chi connectivity index (χ3n) is 3.80. The van der Waals surface area contributed by atoms with Crippen LogP contribution in [0.1, 0.15) is 5.56 Å². The Labute approximate surface area is 146 Å². The molecule has 2 aromatic carbocycles. The van der Waals surface area contributed by atoms with Crippen molar-refractivity contribution >= 4 is 22.4 Å². The van der Waals surface area contributed by atoms with E-state index in [0.717, 1.165) is 12.1 Å². The largest absolute Gasteiger partial charge is 0.461 e. The summed E-state index contributed by atoms with van der Waals surface area (Å²) in [4.78, 5) is 8.89. The predicted octanol–water partition coefficient (Wildman–Crippen LogP) is 5.65. The van der Waals surface area contributed by atoms with Gasteiger partial charge in [-0.25, -0.2) is 9.97 Å². The molecule has 0 bridgehead atoms. The molecular weight excluding hydrogens is 343 g/mol. The summed E-state index contributed by atoms with van der Waals surface area (Å²) in [7, 11) is 0. The number of nitrogens with one attached hydrogen (secondary N) is 1. The lowest BCUT2D eigenvalue weighted by Crippen LogP contribution is -2.05. The maximum absolute atomic E-state index is 12.9. The lowest BCUT2D eigenvalue weighted by molar-refractivity contribution is -0.137. The van der Waals surface area contributed by atoms with Crippen LogP contribution in [0.3, 0.4) is 0 Å². The summed E-state index contributed by atoms with van der Waals surface area (Å²) >= 11 is 0. The number of nitrogens with zero attached hydrogens (tertiary/aromatic N) is 2. The van der Waals surface area contributed by atoms with Crippen LogP contribution in [0, 0.1) is 0 Å². The quantitative estimate of drug-likeness (QED) is 0.516. The maximum atomic E-state index is 12.9. The van der Waals surface area contributed by atoms with Crippen LogP contribution in [-0.4, -0.2) is 9.97 Å². The lowest BCUT2D eigenvalue weighted by atomic mass is 10.2. The molecule has 0 atom stereocenters. The van der Waals surface area contributed by atoms with Crippen LogP contribution in [-0.2, 0) is 6.18 Å². The molecule has 0 aliphatic carbocycles. The third kappa shape index (κ3) is 3.11. The van der Waals surface area contributed by atoms with Gasteiger partial charge in [-0.1, -0.05) is 18.2 Å². The fourth-order valence-corrected chi connectivity index (χ4v) is 2.60. The van der Waals surface area contributed by atoms with E-state index in [-0.39, 0.29) is 5.69 Å². The molecular formula is C19H12F3N3O. The first kappa shape index (κ1) is 16.1. The second-order valence-electron chi connectivity index (χ2n) is 5.59. The monoisotopic (exact) mass is 355 g/mol. The van der Waals surface area contributed by atoms with E-state index in [1.165, 1.54) is 12.3 Å². The highest BCUT2D eigenvalue weighted by molar-refractivity contribution is 5.92. The Morgan fingerprint density at radius 3 is 2.50 bits per heavy atom. The van der Waals surface area contributed by atoms with Gasteiger partial charge in [-0.3, -0.25) is 0 Å². The Balaban J connectivity index is 1.81. The number of benzene rings is 2. The maximum Gasteiger partial charge on any atom is 0.416 e. The van der Waals surface area contributed by atoms with Gasteiger partial charge >= 0.3 is 6.18 Å². The van der Waals surface area contributed by atoms with Gasteiger partial charge in [0, 0.05) is 11.1 Å². The normalized spacial score (nSPS) is 11.7. The van der Waals surface area contributed by atoms with Crippen LogP contribution in [0.15, 0.2) is 71.3 Å². The fourth-order valence-electron chi connectivity index (χ4n) is 2.60. The molecule has 0 fully saturated rings. The molecule has 7 heteroatoms. The number of halogens is 3. The van der Waals surface area contributed by atoms with Crippen LogP contribution >= 0.6 is 0 Å². The standard InChI is InChI=1S/C19H12F3N3O/c20-19(21,22)12-5-3-6-13(11-12)23-17-14-7-1-2-8-15(14)24-18(25-17)16-9-4-10-26-16/h1-11H,(H,23,24,25). The van der Waals surface area contributed by atoms with Crippen molar-refractivity contribution < 1.29 is 17.6 Å². The number of rotatable bonds is 3. The zero-order chi connectivity index (χ0) is 18.1. The minimum Gasteiger partial charge on any atom is -0.461 e. The van der Waals surface area contributed by atoms with Gasteiger partial charge in [0.25, 0.3) is 0 Å². The molecule has 2 aromatic heterocycles. The van der Waals surface area contributed by atoms with Crippen LogP contribution in [0.4, 0.5) is 24.7 Å². The predicted molar refractivity (Wildman–Crippen MR) is 92.0 cm³/mol. The molecule has 4 nitrogen and oxygen atoms in total.